The van der Waals surface area contributed by atoms with Gasteiger partial charge in [0.1, 0.15) is 5.75 Å². The highest BCUT2D eigenvalue weighted by molar-refractivity contribution is 5.87. The van der Waals surface area contributed by atoms with E-state index in [9.17, 15) is 9.90 Å². The number of rotatable bonds is 5. The summed E-state index contributed by atoms with van der Waals surface area (Å²) in [6.07, 6.45) is 5.64. The van der Waals surface area contributed by atoms with Gasteiger partial charge in [0, 0.05) is 35.6 Å². The number of ether oxygens (including phenoxy) is 1. The van der Waals surface area contributed by atoms with Crippen LogP contribution >= 0.6 is 0 Å². The smallest absolute Gasteiger partial charge is 0.223 e. The SMILES string of the molecule is CCC1CC2(O)CC(C2)N1C(=O)CC(C)c1c[nH]c2cc(C)c(OC)cc12. The van der Waals surface area contributed by atoms with Crippen molar-refractivity contribution in [3.63, 3.8) is 0 Å². The van der Waals surface area contributed by atoms with Crippen molar-refractivity contribution in [3.8, 4) is 5.75 Å². The van der Waals surface area contributed by atoms with Crippen molar-refractivity contribution in [2.24, 2.45) is 0 Å². The van der Waals surface area contributed by atoms with Crippen molar-refractivity contribution < 1.29 is 14.6 Å². The van der Waals surface area contributed by atoms with Gasteiger partial charge in [-0.1, -0.05) is 13.8 Å². The summed E-state index contributed by atoms with van der Waals surface area (Å²) in [5, 5.41) is 11.5. The Kier molecular flexibility index (Phi) is 4.46. The molecule has 0 spiro atoms. The van der Waals surface area contributed by atoms with E-state index in [1.54, 1.807) is 7.11 Å². The van der Waals surface area contributed by atoms with Crippen LogP contribution in [0.4, 0.5) is 0 Å². The number of aromatic amines is 1. The molecule has 5 heteroatoms. The number of aryl methyl sites for hydroxylation is 1. The summed E-state index contributed by atoms with van der Waals surface area (Å²) in [6.45, 7) is 6.26. The van der Waals surface area contributed by atoms with Gasteiger partial charge in [0.2, 0.25) is 5.91 Å². The lowest BCUT2D eigenvalue weighted by Crippen LogP contribution is -2.67. The summed E-state index contributed by atoms with van der Waals surface area (Å²) in [5.41, 5.74) is 2.82. The van der Waals surface area contributed by atoms with Crippen molar-refractivity contribution in [1.29, 1.82) is 0 Å². The predicted molar refractivity (Wildman–Crippen MR) is 106 cm³/mol. The van der Waals surface area contributed by atoms with Gasteiger partial charge in [0.25, 0.3) is 0 Å². The molecule has 5 rings (SSSR count). The van der Waals surface area contributed by atoms with Crippen LogP contribution in [0.15, 0.2) is 18.3 Å². The van der Waals surface area contributed by atoms with E-state index in [0.717, 1.165) is 53.5 Å². The molecule has 1 aromatic heterocycles. The molecule has 2 aromatic rings. The summed E-state index contributed by atoms with van der Waals surface area (Å²) >= 11 is 0. The molecule has 5 nitrogen and oxygen atoms in total. The van der Waals surface area contributed by atoms with Crippen LogP contribution < -0.4 is 4.74 Å². The van der Waals surface area contributed by atoms with E-state index in [-0.39, 0.29) is 23.9 Å². The lowest BCUT2D eigenvalue weighted by atomic mass is 9.66. The molecule has 3 heterocycles. The summed E-state index contributed by atoms with van der Waals surface area (Å²) < 4.78 is 5.48. The van der Waals surface area contributed by atoms with Gasteiger partial charge in [-0.3, -0.25) is 4.79 Å². The average molecular weight is 370 g/mol. The Labute approximate surface area is 160 Å². The van der Waals surface area contributed by atoms with Crippen LogP contribution in [0.1, 0.15) is 63.0 Å². The highest BCUT2D eigenvalue weighted by Gasteiger charge is 2.54. The third-order valence-corrected chi connectivity index (χ3v) is 6.63. The Morgan fingerprint density at radius 1 is 1.41 bits per heavy atom. The van der Waals surface area contributed by atoms with Crippen LogP contribution in [-0.2, 0) is 4.79 Å². The molecule has 1 saturated carbocycles. The van der Waals surface area contributed by atoms with Gasteiger partial charge in [0.15, 0.2) is 0 Å². The number of methoxy groups -OCH3 is 1. The topological polar surface area (TPSA) is 65.6 Å². The Balaban J connectivity index is 1.54. The number of fused-ring (bicyclic) bond motifs is 3. The average Bonchev–Trinajstić information content (AvgIpc) is 3.02. The summed E-state index contributed by atoms with van der Waals surface area (Å²) in [5.74, 6) is 1.21. The molecular formula is C22H30N2O3. The van der Waals surface area contributed by atoms with Gasteiger partial charge < -0.3 is 19.7 Å². The summed E-state index contributed by atoms with van der Waals surface area (Å²) in [4.78, 5) is 18.6. The number of H-pyrrole nitrogens is 1. The first kappa shape index (κ1) is 18.4. The van der Waals surface area contributed by atoms with Gasteiger partial charge in [-0.05, 0) is 61.8 Å². The number of benzene rings is 1. The minimum absolute atomic E-state index is 0.122. The molecule has 2 aliphatic heterocycles. The number of aliphatic hydroxyl groups is 1. The quantitative estimate of drug-likeness (QED) is 0.839. The second-order valence-corrected chi connectivity index (χ2v) is 8.57. The normalized spacial score (nSPS) is 28.1. The predicted octanol–water partition coefficient (Wildman–Crippen LogP) is 3.88. The Hall–Kier alpha value is -2.01. The monoisotopic (exact) mass is 370 g/mol. The van der Waals surface area contributed by atoms with Crippen LogP contribution in [0.3, 0.4) is 0 Å². The summed E-state index contributed by atoms with van der Waals surface area (Å²) in [7, 11) is 1.69. The van der Waals surface area contributed by atoms with Gasteiger partial charge in [-0.2, -0.15) is 0 Å². The van der Waals surface area contributed by atoms with Crippen LogP contribution in [-0.4, -0.2) is 45.7 Å². The molecule has 0 radical (unpaired) electrons. The Morgan fingerprint density at radius 2 is 2.15 bits per heavy atom. The first-order valence-corrected chi connectivity index (χ1v) is 10.0. The zero-order valence-corrected chi connectivity index (χ0v) is 16.7. The standard InChI is InChI=1S/C22H30N2O3/c1-5-15-9-22(26)10-16(11-22)24(15)21(25)7-13(2)18-12-23-19-6-14(3)20(27-4)8-17(18)19/h6,8,12-13,15-16,23,26H,5,7,9-11H2,1-4H3. The van der Waals surface area contributed by atoms with E-state index in [1.807, 2.05) is 13.1 Å². The van der Waals surface area contributed by atoms with Gasteiger partial charge >= 0.3 is 0 Å². The number of hydrogen-bond acceptors (Lipinski definition) is 3. The van der Waals surface area contributed by atoms with Crippen molar-refractivity contribution in [2.45, 2.75) is 76.5 Å². The molecule has 2 N–H and O–H groups in total. The molecule has 27 heavy (non-hydrogen) atoms. The number of hydrogen-bond donors (Lipinski definition) is 2. The maximum atomic E-state index is 13.1. The molecule has 2 saturated heterocycles. The number of amides is 1. The van der Waals surface area contributed by atoms with Crippen molar-refractivity contribution in [2.75, 3.05) is 7.11 Å². The molecule has 1 aliphatic carbocycles. The fourth-order valence-corrected chi connectivity index (χ4v) is 5.15. The van der Waals surface area contributed by atoms with Gasteiger partial charge in [-0.15, -0.1) is 0 Å². The molecular weight excluding hydrogens is 340 g/mol. The molecule has 1 aromatic carbocycles. The fraction of sp³-hybridized carbons (Fsp3) is 0.591. The highest BCUT2D eigenvalue weighted by Crippen LogP contribution is 2.47. The molecule has 146 valence electrons. The Morgan fingerprint density at radius 3 is 2.81 bits per heavy atom. The fourth-order valence-electron chi connectivity index (χ4n) is 5.15. The van der Waals surface area contributed by atoms with Crippen LogP contribution in [0.2, 0.25) is 0 Å². The largest absolute Gasteiger partial charge is 0.496 e. The summed E-state index contributed by atoms with van der Waals surface area (Å²) in [6, 6.07) is 4.56. The number of nitrogens with one attached hydrogen (secondary N) is 1. The number of carbonyl (C=O) groups is 1. The van der Waals surface area contributed by atoms with Crippen LogP contribution in [0.25, 0.3) is 10.9 Å². The van der Waals surface area contributed by atoms with E-state index in [0.29, 0.717) is 6.42 Å². The van der Waals surface area contributed by atoms with E-state index in [1.165, 1.54) is 0 Å². The lowest BCUT2D eigenvalue weighted by Gasteiger charge is -2.58. The van der Waals surface area contributed by atoms with Crippen molar-refractivity contribution >= 4 is 16.8 Å². The van der Waals surface area contributed by atoms with Crippen LogP contribution in [0, 0.1) is 6.92 Å². The minimum atomic E-state index is -0.515. The lowest BCUT2D eigenvalue weighted by molar-refractivity contribution is -0.178. The molecule has 1 amide bonds. The van der Waals surface area contributed by atoms with E-state index < -0.39 is 5.60 Å². The van der Waals surface area contributed by atoms with Crippen molar-refractivity contribution in [3.05, 3.63) is 29.5 Å². The molecule has 3 aliphatic rings. The molecule has 2 unspecified atom stereocenters. The minimum Gasteiger partial charge on any atom is -0.496 e. The third kappa shape index (κ3) is 3.02. The molecule has 2 atom stereocenters. The first-order chi connectivity index (χ1) is 12.8. The maximum absolute atomic E-state index is 13.1. The van der Waals surface area contributed by atoms with Crippen LogP contribution in [0.5, 0.6) is 5.75 Å². The van der Waals surface area contributed by atoms with Crippen molar-refractivity contribution in [1.82, 2.24) is 9.88 Å². The van der Waals surface area contributed by atoms with Gasteiger partial charge in [-0.25, -0.2) is 0 Å². The van der Waals surface area contributed by atoms with E-state index >= 15 is 0 Å². The van der Waals surface area contributed by atoms with E-state index in [2.05, 4.69) is 35.9 Å². The zero-order valence-electron chi connectivity index (χ0n) is 16.7. The second kappa shape index (κ2) is 6.55. The number of piperidine rings is 2. The maximum Gasteiger partial charge on any atom is 0.223 e. The second-order valence-electron chi connectivity index (χ2n) is 8.57. The highest BCUT2D eigenvalue weighted by atomic mass is 16.5. The Bertz CT molecular complexity index is 866. The third-order valence-electron chi connectivity index (χ3n) is 6.63. The number of nitrogens with zero attached hydrogens (tertiary/aromatic N) is 1. The number of aromatic nitrogens is 1. The number of carbonyl (C=O) groups excluding carboxylic acids is 1. The zero-order chi connectivity index (χ0) is 19.3. The van der Waals surface area contributed by atoms with Gasteiger partial charge in [0.05, 0.1) is 12.7 Å². The molecule has 3 fully saturated rings. The first-order valence-electron chi connectivity index (χ1n) is 10.0. The van der Waals surface area contributed by atoms with E-state index in [4.69, 9.17) is 4.74 Å². The molecule has 2 bridgehead atoms.